The number of rotatable bonds is 3. The summed E-state index contributed by atoms with van der Waals surface area (Å²) in [6, 6.07) is 0. The van der Waals surface area contributed by atoms with E-state index in [9.17, 15) is 14.7 Å². The summed E-state index contributed by atoms with van der Waals surface area (Å²) in [7, 11) is 1.08. The van der Waals surface area contributed by atoms with Crippen molar-refractivity contribution in [3.8, 4) is 0 Å². The second-order valence-corrected chi connectivity index (χ2v) is 2.28. The first-order valence-corrected chi connectivity index (χ1v) is 3.44. The molecule has 1 unspecified atom stereocenters. The second-order valence-electron chi connectivity index (χ2n) is 2.28. The summed E-state index contributed by atoms with van der Waals surface area (Å²) in [5.41, 5.74) is -2.20. The number of ether oxygens (including phenoxy) is 2. The summed E-state index contributed by atoms with van der Waals surface area (Å²) in [4.78, 5) is 21.7. The molecule has 70 valence electrons. The van der Waals surface area contributed by atoms with Crippen LogP contribution in [0.15, 0.2) is 0 Å². The third-order valence-corrected chi connectivity index (χ3v) is 1.26. The van der Waals surface area contributed by atoms with Gasteiger partial charge in [-0.15, -0.1) is 0 Å². The molecule has 5 nitrogen and oxygen atoms in total. The first-order valence-electron chi connectivity index (χ1n) is 3.44. The number of methoxy groups -OCH3 is 1. The Morgan fingerprint density at radius 2 is 1.92 bits per heavy atom. The minimum absolute atomic E-state index is 0.103. The van der Waals surface area contributed by atoms with Gasteiger partial charge in [-0.2, -0.15) is 0 Å². The van der Waals surface area contributed by atoms with E-state index in [-0.39, 0.29) is 6.61 Å². The smallest absolute Gasteiger partial charge is 0.349 e. The van der Waals surface area contributed by atoms with Gasteiger partial charge in [0.2, 0.25) is 0 Å². The lowest BCUT2D eigenvalue weighted by molar-refractivity contribution is -0.179. The quantitative estimate of drug-likeness (QED) is 0.462. The molecule has 1 N–H and O–H groups in total. The van der Waals surface area contributed by atoms with Crippen LogP contribution in [0.25, 0.3) is 0 Å². The molecular formula is C7H12O5. The molecule has 0 spiro atoms. The second kappa shape index (κ2) is 4.06. The van der Waals surface area contributed by atoms with Gasteiger partial charge in [0.05, 0.1) is 13.7 Å². The fraction of sp³-hybridized carbons (Fsp3) is 0.714. The van der Waals surface area contributed by atoms with Crippen molar-refractivity contribution < 1.29 is 24.2 Å². The van der Waals surface area contributed by atoms with Crippen LogP contribution in [-0.2, 0) is 19.1 Å². The highest BCUT2D eigenvalue weighted by molar-refractivity contribution is 6.02. The normalized spacial score (nSPS) is 14.7. The molecule has 0 saturated heterocycles. The average molecular weight is 176 g/mol. The highest BCUT2D eigenvalue weighted by Crippen LogP contribution is 2.07. The van der Waals surface area contributed by atoms with E-state index in [1.807, 2.05) is 0 Å². The summed E-state index contributed by atoms with van der Waals surface area (Å²) in [6.07, 6.45) is 0. The van der Waals surface area contributed by atoms with E-state index in [4.69, 9.17) is 0 Å². The number of esters is 2. The number of carbonyl (C=O) groups is 2. The minimum Gasteiger partial charge on any atom is -0.466 e. The Bertz CT molecular complexity index is 184. The zero-order chi connectivity index (χ0) is 9.78. The van der Waals surface area contributed by atoms with E-state index in [0.29, 0.717) is 0 Å². The summed E-state index contributed by atoms with van der Waals surface area (Å²) in [5.74, 6) is -2.03. The Kier molecular flexibility index (Phi) is 3.69. The molecule has 0 bridgehead atoms. The Hall–Kier alpha value is -1.10. The van der Waals surface area contributed by atoms with Gasteiger partial charge in [-0.05, 0) is 13.8 Å². The summed E-state index contributed by atoms with van der Waals surface area (Å²) in [6.45, 7) is 2.70. The molecule has 0 aliphatic heterocycles. The maximum atomic E-state index is 10.9. The van der Waals surface area contributed by atoms with Crippen LogP contribution < -0.4 is 0 Å². The fourth-order valence-electron chi connectivity index (χ4n) is 0.554. The van der Waals surface area contributed by atoms with Crippen molar-refractivity contribution in [2.75, 3.05) is 13.7 Å². The van der Waals surface area contributed by atoms with Crippen LogP contribution >= 0.6 is 0 Å². The zero-order valence-electron chi connectivity index (χ0n) is 7.29. The fourth-order valence-corrected chi connectivity index (χ4v) is 0.554. The average Bonchev–Trinajstić information content (AvgIpc) is 2.03. The van der Waals surface area contributed by atoms with Crippen LogP contribution in [0.5, 0.6) is 0 Å². The number of aliphatic hydroxyl groups is 1. The molecule has 0 amide bonds. The molecule has 0 fully saturated rings. The number of hydrogen-bond acceptors (Lipinski definition) is 5. The standard InChI is InChI=1S/C7H12O5/c1-4-12-6(9)7(2,10)5(8)11-3/h10H,4H2,1-3H3. The Morgan fingerprint density at radius 3 is 2.25 bits per heavy atom. The zero-order valence-corrected chi connectivity index (χ0v) is 7.29. The Balaban J connectivity index is 4.38. The Morgan fingerprint density at radius 1 is 1.42 bits per heavy atom. The van der Waals surface area contributed by atoms with E-state index in [1.54, 1.807) is 6.92 Å². The molecule has 0 aromatic rings. The van der Waals surface area contributed by atoms with E-state index < -0.39 is 17.5 Å². The first-order chi connectivity index (χ1) is 5.46. The molecule has 0 aromatic carbocycles. The van der Waals surface area contributed by atoms with Gasteiger partial charge in [0.1, 0.15) is 0 Å². The SMILES string of the molecule is CCOC(=O)C(C)(O)C(=O)OC. The van der Waals surface area contributed by atoms with Gasteiger partial charge in [-0.3, -0.25) is 0 Å². The highest BCUT2D eigenvalue weighted by Gasteiger charge is 2.41. The van der Waals surface area contributed by atoms with Crippen molar-refractivity contribution in [3.05, 3.63) is 0 Å². The van der Waals surface area contributed by atoms with E-state index >= 15 is 0 Å². The molecule has 1 atom stereocenters. The van der Waals surface area contributed by atoms with Crippen molar-refractivity contribution in [2.24, 2.45) is 0 Å². The van der Waals surface area contributed by atoms with Crippen molar-refractivity contribution in [3.63, 3.8) is 0 Å². The van der Waals surface area contributed by atoms with Crippen LogP contribution in [0.3, 0.4) is 0 Å². The summed E-state index contributed by atoms with van der Waals surface area (Å²) < 4.78 is 8.63. The van der Waals surface area contributed by atoms with Crippen LogP contribution in [0.2, 0.25) is 0 Å². The van der Waals surface area contributed by atoms with Gasteiger partial charge in [-0.1, -0.05) is 0 Å². The third-order valence-electron chi connectivity index (χ3n) is 1.26. The predicted octanol–water partition coefficient (Wildman–Crippen LogP) is -0.527. The van der Waals surface area contributed by atoms with Gasteiger partial charge in [0, 0.05) is 0 Å². The molecule has 0 radical (unpaired) electrons. The molecule has 5 heteroatoms. The number of carbonyl (C=O) groups excluding carboxylic acids is 2. The van der Waals surface area contributed by atoms with Crippen LogP contribution in [0.1, 0.15) is 13.8 Å². The number of hydrogen-bond donors (Lipinski definition) is 1. The van der Waals surface area contributed by atoms with Gasteiger partial charge in [0.15, 0.2) is 0 Å². The van der Waals surface area contributed by atoms with Gasteiger partial charge < -0.3 is 14.6 Å². The molecular weight excluding hydrogens is 164 g/mol. The van der Waals surface area contributed by atoms with E-state index in [2.05, 4.69) is 9.47 Å². The lowest BCUT2D eigenvalue weighted by Gasteiger charge is -2.17. The predicted molar refractivity (Wildman–Crippen MR) is 39.3 cm³/mol. The summed E-state index contributed by atoms with van der Waals surface area (Å²) >= 11 is 0. The van der Waals surface area contributed by atoms with Gasteiger partial charge in [0.25, 0.3) is 5.60 Å². The summed E-state index contributed by atoms with van der Waals surface area (Å²) in [5, 5.41) is 9.23. The maximum Gasteiger partial charge on any atom is 0.349 e. The van der Waals surface area contributed by atoms with Crippen LogP contribution in [0, 0.1) is 0 Å². The third kappa shape index (κ3) is 2.20. The lowest BCUT2D eigenvalue weighted by atomic mass is 10.1. The lowest BCUT2D eigenvalue weighted by Crippen LogP contribution is -2.45. The topological polar surface area (TPSA) is 72.8 Å². The molecule has 0 saturated carbocycles. The van der Waals surface area contributed by atoms with Crippen molar-refractivity contribution in [2.45, 2.75) is 19.4 Å². The highest BCUT2D eigenvalue weighted by atomic mass is 16.6. The van der Waals surface area contributed by atoms with Crippen LogP contribution in [-0.4, -0.2) is 36.4 Å². The van der Waals surface area contributed by atoms with E-state index in [0.717, 1.165) is 14.0 Å². The monoisotopic (exact) mass is 176 g/mol. The van der Waals surface area contributed by atoms with Gasteiger partial charge in [-0.25, -0.2) is 9.59 Å². The van der Waals surface area contributed by atoms with Crippen LogP contribution in [0.4, 0.5) is 0 Å². The first kappa shape index (κ1) is 10.9. The van der Waals surface area contributed by atoms with Crippen molar-refractivity contribution in [1.29, 1.82) is 0 Å². The largest absolute Gasteiger partial charge is 0.466 e. The molecule has 0 aliphatic carbocycles. The van der Waals surface area contributed by atoms with E-state index in [1.165, 1.54) is 0 Å². The Labute approximate surface area is 70.3 Å². The molecule has 12 heavy (non-hydrogen) atoms. The molecule has 0 heterocycles. The molecule has 0 aliphatic rings. The van der Waals surface area contributed by atoms with Gasteiger partial charge >= 0.3 is 11.9 Å². The minimum atomic E-state index is -2.20. The maximum absolute atomic E-state index is 10.9. The van der Waals surface area contributed by atoms with Crippen molar-refractivity contribution >= 4 is 11.9 Å². The molecule has 0 aromatic heterocycles. The molecule has 0 rings (SSSR count). The van der Waals surface area contributed by atoms with Crippen molar-refractivity contribution in [1.82, 2.24) is 0 Å².